The molecular weight excluding hydrogens is 182 g/mol. The van der Waals surface area contributed by atoms with E-state index >= 15 is 0 Å². The fraction of sp³-hybridized carbons (Fsp3) is 0.429. The number of aromatic nitrogens is 1. The summed E-state index contributed by atoms with van der Waals surface area (Å²) in [4.78, 5) is 0. The lowest BCUT2D eigenvalue weighted by Crippen LogP contribution is -1.90. The zero-order chi connectivity index (χ0) is 10.4. The third-order valence-electron chi connectivity index (χ3n) is 3.33. The summed E-state index contributed by atoms with van der Waals surface area (Å²) in [6.45, 7) is 4.55. The van der Waals surface area contributed by atoms with Crippen LogP contribution in [0.2, 0.25) is 0 Å². The summed E-state index contributed by atoms with van der Waals surface area (Å²) < 4.78 is 2.48. The van der Waals surface area contributed by atoms with Crippen molar-refractivity contribution in [3.8, 4) is 0 Å². The summed E-state index contributed by atoms with van der Waals surface area (Å²) in [6, 6.07) is 9.57. The van der Waals surface area contributed by atoms with Crippen LogP contribution < -0.4 is 0 Å². The molecule has 0 unspecified atom stereocenters. The van der Waals surface area contributed by atoms with Crippen molar-refractivity contribution in [1.29, 1.82) is 0 Å². The SMILES string of the molecule is CC(C)c1cn(C2CC2)c2ccccc12. The second-order valence-electron chi connectivity index (χ2n) is 4.89. The van der Waals surface area contributed by atoms with Crippen LogP contribution in [0.1, 0.15) is 44.2 Å². The van der Waals surface area contributed by atoms with E-state index in [1.165, 1.54) is 29.3 Å². The Hall–Kier alpha value is -1.24. The molecule has 0 spiro atoms. The van der Waals surface area contributed by atoms with Gasteiger partial charge < -0.3 is 4.57 Å². The first-order chi connectivity index (χ1) is 7.27. The summed E-state index contributed by atoms with van der Waals surface area (Å²) in [5, 5.41) is 1.44. The lowest BCUT2D eigenvalue weighted by molar-refractivity contribution is 0.762. The molecule has 0 saturated heterocycles. The van der Waals surface area contributed by atoms with Gasteiger partial charge in [0.15, 0.2) is 0 Å². The minimum Gasteiger partial charge on any atom is -0.344 e. The molecule has 0 aliphatic heterocycles. The Kier molecular flexibility index (Phi) is 1.88. The van der Waals surface area contributed by atoms with Crippen molar-refractivity contribution < 1.29 is 0 Å². The van der Waals surface area contributed by atoms with Crippen LogP contribution in [0.4, 0.5) is 0 Å². The molecule has 0 radical (unpaired) electrons. The van der Waals surface area contributed by atoms with Crippen LogP contribution in [0.5, 0.6) is 0 Å². The summed E-state index contributed by atoms with van der Waals surface area (Å²) in [5.41, 5.74) is 2.92. The molecule has 1 aromatic carbocycles. The van der Waals surface area contributed by atoms with Gasteiger partial charge >= 0.3 is 0 Å². The van der Waals surface area contributed by atoms with Crippen molar-refractivity contribution >= 4 is 10.9 Å². The van der Waals surface area contributed by atoms with Crippen molar-refractivity contribution in [2.45, 2.75) is 38.6 Å². The summed E-state index contributed by atoms with van der Waals surface area (Å²) in [6.07, 6.45) is 5.08. The molecule has 1 saturated carbocycles. The molecule has 2 aromatic rings. The molecule has 0 atom stereocenters. The van der Waals surface area contributed by atoms with E-state index in [9.17, 15) is 0 Å². The number of fused-ring (bicyclic) bond motifs is 1. The van der Waals surface area contributed by atoms with Gasteiger partial charge in [-0.15, -0.1) is 0 Å². The quantitative estimate of drug-likeness (QED) is 0.686. The largest absolute Gasteiger partial charge is 0.344 e. The van der Waals surface area contributed by atoms with E-state index in [1.807, 2.05) is 0 Å². The second-order valence-corrected chi connectivity index (χ2v) is 4.89. The molecule has 3 rings (SSSR count). The van der Waals surface area contributed by atoms with E-state index in [4.69, 9.17) is 0 Å². The molecule has 1 nitrogen and oxygen atoms in total. The highest BCUT2D eigenvalue weighted by molar-refractivity contribution is 5.84. The van der Waals surface area contributed by atoms with Crippen molar-refractivity contribution in [2.24, 2.45) is 0 Å². The number of hydrogen-bond acceptors (Lipinski definition) is 0. The van der Waals surface area contributed by atoms with E-state index in [1.54, 1.807) is 0 Å². The van der Waals surface area contributed by atoms with E-state index in [2.05, 4.69) is 48.9 Å². The summed E-state index contributed by atoms with van der Waals surface area (Å²) in [7, 11) is 0. The standard InChI is InChI=1S/C14H17N/c1-10(2)13-9-15(11-7-8-11)14-6-4-3-5-12(13)14/h3-6,9-11H,7-8H2,1-2H3. The Morgan fingerprint density at radius 3 is 2.60 bits per heavy atom. The highest BCUT2D eigenvalue weighted by Gasteiger charge is 2.25. The predicted octanol–water partition coefficient (Wildman–Crippen LogP) is 4.10. The van der Waals surface area contributed by atoms with Crippen molar-refractivity contribution in [1.82, 2.24) is 4.57 Å². The molecule has 1 heteroatoms. The zero-order valence-electron chi connectivity index (χ0n) is 9.40. The van der Waals surface area contributed by atoms with E-state index < -0.39 is 0 Å². The maximum absolute atomic E-state index is 2.48. The number of rotatable bonds is 2. The van der Waals surface area contributed by atoms with E-state index in [0.29, 0.717) is 5.92 Å². The van der Waals surface area contributed by atoms with Gasteiger partial charge in [-0.25, -0.2) is 0 Å². The van der Waals surface area contributed by atoms with Gasteiger partial charge in [0.25, 0.3) is 0 Å². The van der Waals surface area contributed by atoms with Crippen molar-refractivity contribution in [3.63, 3.8) is 0 Å². The molecular formula is C14H17N. The van der Waals surface area contributed by atoms with Crippen LogP contribution in [-0.4, -0.2) is 4.57 Å². The predicted molar refractivity (Wildman–Crippen MR) is 64.3 cm³/mol. The maximum atomic E-state index is 2.48. The Morgan fingerprint density at radius 2 is 1.93 bits per heavy atom. The highest BCUT2D eigenvalue weighted by Crippen LogP contribution is 2.40. The highest BCUT2D eigenvalue weighted by atomic mass is 15.0. The van der Waals surface area contributed by atoms with Crippen LogP contribution in [-0.2, 0) is 0 Å². The van der Waals surface area contributed by atoms with Crippen LogP contribution in [0.15, 0.2) is 30.5 Å². The van der Waals surface area contributed by atoms with Crippen LogP contribution in [0, 0.1) is 0 Å². The molecule has 0 amide bonds. The Bertz CT molecular complexity index is 453. The van der Waals surface area contributed by atoms with Gasteiger partial charge in [-0.1, -0.05) is 32.0 Å². The average Bonchev–Trinajstić information content (AvgIpc) is 2.99. The second kappa shape index (κ2) is 3.13. The van der Waals surface area contributed by atoms with E-state index in [-0.39, 0.29) is 0 Å². The van der Waals surface area contributed by atoms with Gasteiger partial charge in [-0.05, 0) is 30.4 Å². The Labute approximate surface area is 90.7 Å². The zero-order valence-corrected chi connectivity index (χ0v) is 9.40. The number of para-hydroxylation sites is 1. The van der Waals surface area contributed by atoms with Gasteiger partial charge in [0, 0.05) is 23.1 Å². The summed E-state index contributed by atoms with van der Waals surface area (Å²) >= 11 is 0. The first-order valence-electron chi connectivity index (χ1n) is 5.87. The fourth-order valence-corrected chi connectivity index (χ4v) is 2.35. The Morgan fingerprint density at radius 1 is 1.20 bits per heavy atom. The first-order valence-corrected chi connectivity index (χ1v) is 5.87. The molecule has 78 valence electrons. The van der Waals surface area contributed by atoms with Gasteiger partial charge in [0.2, 0.25) is 0 Å². The fourth-order valence-electron chi connectivity index (χ4n) is 2.35. The monoisotopic (exact) mass is 199 g/mol. The maximum Gasteiger partial charge on any atom is 0.0485 e. The number of nitrogens with zero attached hydrogens (tertiary/aromatic N) is 1. The summed E-state index contributed by atoms with van der Waals surface area (Å²) in [5.74, 6) is 0.620. The lowest BCUT2D eigenvalue weighted by Gasteiger charge is -2.00. The molecule has 1 heterocycles. The molecule has 1 aliphatic carbocycles. The molecule has 1 aliphatic rings. The normalized spacial score (nSPS) is 16.5. The van der Waals surface area contributed by atoms with Crippen LogP contribution >= 0.6 is 0 Å². The molecule has 0 N–H and O–H groups in total. The molecule has 0 bridgehead atoms. The molecule has 1 aromatic heterocycles. The smallest absolute Gasteiger partial charge is 0.0485 e. The Balaban J connectivity index is 2.27. The minimum absolute atomic E-state index is 0.620. The van der Waals surface area contributed by atoms with Gasteiger partial charge in [0.05, 0.1) is 0 Å². The van der Waals surface area contributed by atoms with Crippen molar-refractivity contribution in [3.05, 3.63) is 36.0 Å². The third-order valence-corrected chi connectivity index (χ3v) is 3.33. The molecule has 1 fully saturated rings. The first kappa shape index (κ1) is 9.02. The topological polar surface area (TPSA) is 4.93 Å². The van der Waals surface area contributed by atoms with Crippen LogP contribution in [0.25, 0.3) is 10.9 Å². The van der Waals surface area contributed by atoms with Crippen LogP contribution in [0.3, 0.4) is 0 Å². The minimum atomic E-state index is 0.620. The van der Waals surface area contributed by atoms with E-state index in [0.717, 1.165) is 6.04 Å². The average molecular weight is 199 g/mol. The lowest BCUT2D eigenvalue weighted by atomic mass is 10.0. The van der Waals surface area contributed by atoms with Gasteiger partial charge in [-0.3, -0.25) is 0 Å². The number of hydrogen-bond donors (Lipinski definition) is 0. The van der Waals surface area contributed by atoms with Gasteiger partial charge in [-0.2, -0.15) is 0 Å². The van der Waals surface area contributed by atoms with Crippen molar-refractivity contribution in [2.75, 3.05) is 0 Å². The number of benzene rings is 1. The third kappa shape index (κ3) is 1.38. The molecule has 15 heavy (non-hydrogen) atoms. The van der Waals surface area contributed by atoms with Gasteiger partial charge in [0.1, 0.15) is 0 Å².